The van der Waals surface area contributed by atoms with Crippen LogP contribution in [0.2, 0.25) is 0 Å². The average Bonchev–Trinajstić information content (AvgIpc) is 3.12. The maximum absolute atomic E-state index is 13.9. The Balaban J connectivity index is 1.90. The first-order valence-corrected chi connectivity index (χ1v) is 6.57. The number of rotatable bonds is 3. The van der Waals surface area contributed by atoms with Crippen LogP contribution in [0.5, 0.6) is 0 Å². The van der Waals surface area contributed by atoms with Crippen LogP contribution in [0.1, 0.15) is 31.5 Å². The SMILES string of the molecule is CC1NC(c2ccc(F)cc2F)N(CC2CC2)C1=O. The molecule has 5 heteroatoms. The lowest BCUT2D eigenvalue weighted by atomic mass is 10.1. The van der Waals surface area contributed by atoms with Crippen LogP contribution in [0.15, 0.2) is 18.2 Å². The summed E-state index contributed by atoms with van der Waals surface area (Å²) in [5.74, 6) is -0.699. The van der Waals surface area contributed by atoms with Crippen molar-refractivity contribution >= 4 is 5.91 Å². The Labute approximate surface area is 110 Å². The fourth-order valence-electron chi connectivity index (χ4n) is 2.53. The second-order valence-electron chi connectivity index (χ2n) is 5.39. The Hall–Kier alpha value is -1.49. The summed E-state index contributed by atoms with van der Waals surface area (Å²) in [6, 6.07) is 3.17. The molecule has 2 unspecified atom stereocenters. The molecule has 1 aromatic rings. The molecule has 102 valence electrons. The van der Waals surface area contributed by atoms with E-state index in [1.165, 1.54) is 12.1 Å². The van der Waals surface area contributed by atoms with Crippen LogP contribution in [-0.2, 0) is 4.79 Å². The van der Waals surface area contributed by atoms with Gasteiger partial charge in [0, 0.05) is 18.2 Å². The summed E-state index contributed by atoms with van der Waals surface area (Å²) in [7, 11) is 0. The summed E-state index contributed by atoms with van der Waals surface area (Å²) in [5.41, 5.74) is 0.333. The van der Waals surface area contributed by atoms with Gasteiger partial charge in [-0.2, -0.15) is 0 Å². The van der Waals surface area contributed by atoms with E-state index in [9.17, 15) is 13.6 Å². The Morgan fingerprint density at radius 2 is 2.11 bits per heavy atom. The molecule has 0 spiro atoms. The predicted octanol–water partition coefficient (Wildman–Crippen LogP) is 2.19. The Bertz CT molecular complexity index is 516. The van der Waals surface area contributed by atoms with E-state index in [4.69, 9.17) is 0 Å². The zero-order chi connectivity index (χ0) is 13.6. The van der Waals surface area contributed by atoms with E-state index in [0.29, 0.717) is 18.0 Å². The topological polar surface area (TPSA) is 32.3 Å². The molecule has 2 aliphatic rings. The number of amides is 1. The van der Waals surface area contributed by atoms with E-state index in [1.54, 1.807) is 11.8 Å². The first kappa shape index (κ1) is 12.5. The molecule has 1 aliphatic carbocycles. The van der Waals surface area contributed by atoms with E-state index in [1.807, 2.05) is 0 Å². The smallest absolute Gasteiger partial charge is 0.241 e. The molecule has 1 heterocycles. The lowest BCUT2D eigenvalue weighted by molar-refractivity contribution is -0.130. The van der Waals surface area contributed by atoms with Crippen LogP contribution < -0.4 is 5.32 Å². The fraction of sp³-hybridized carbons (Fsp3) is 0.500. The van der Waals surface area contributed by atoms with Crippen molar-refractivity contribution in [2.24, 2.45) is 5.92 Å². The number of halogens is 2. The molecule has 1 aliphatic heterocycles. The quantitative estimate of drug-likeness (QED) is 0.909. The number of nitrogens with zero attached hydrogens (tertiary/aromatic N) is 1. The van der Waals surface area contributed by atoms with Gasteiger partial charge in [0.2, 0.25) is 5.91 Å². The molecule has 1 amide bonds. The number of benzene rings is 1. The minimum absolute atomic E-state index is 0.0133. The number of hydrogen-bond acceptors (Lipinski definition) is 2. The van der Waals surface area contributed by atoms with Crippen molar-refractivity contribution < 1.29 is 13.6 Å². The van der Waals surface area contributed by atoms with Crippen LogP contribution >= 0.6 is 0 Å². The van der Waals surface area contributed by atoms with Gasteiger partial charge in [-0.3, -0.25) is 10.1 Å². The van der Waals surface area contributed by atoms with Gasteiger partial charge in [0.15, 0.2) is 0 Å². The van der Waals surface area contributed by atoms with Gasteiger partial charge < -0.3 is 4.90 Å². The number of hydrogen-bond donors (Lipinski definition) is 1. The molecule has 1 saturated carbocycles. The number of carbonyl (C=O) groups excluding carboxylic acids is 1. The van der Waals surface area contributed by atoms with Gasteiger partial charge in [-0.25, -0.2) is 8.78 Å². The van der Waals surface area contributed by atoms with E-state index < -0.39 is 17.8 Å². The molecule has 1 N–H and O–H groups in total. The van der Waals surface area contributed by atoms with E-state index in [2.05, 4.69) is 5.32 Å². The highest BCUT2D eigenvalue weighted by molar-refractivity contribution is 5.84. The van der Waals surface area contributed by atoms with Crippen molar-refractivity contribution in [2.45, 2.75) is 32.0 Å². The third-order valence-electron chi connectivity index (χ3n) is 3.78. The third kappa shape index (κ3) is 2.34. The highest BCUT2D eigenvalue weighted by atomic mass is 19.1. The summed E-state index contributed by atoms with van der Waals surface area (Å²) >= 11 is 0. The first-order valence-electron chi connectivity index (χ1n) is 6.57. The number of carbonyl (C=O) groups is 1. The summed E-state index contributed by atoms with van der Waals surface area (Å²) in [5, 5.41) is 3.08. The largest absolute Gasteiger partial charge is 0.321 e. The van der Waals surface area contributed by atoms with Crippen LogP contribution in [0, 0.1) is 17.6 Å². The maximum Gasteiger partial charge on any atom is 0.241 e. The normalized spacial score (nSPS) is 27.1. The summed E-state index contributed by atoms with van der Waals surface area (Å²) in [6.07, 6.45) is 1.76. The Kier molecular flexibility index (Phi) is 3.01. The molecule has 0 aromatic heterocycles. The van der Waals surface area contributed by atoms with Gasteiger partial charge >= 0.3 is 0 Å². The van der Waals surface area contributed by atoms with Gasteiger partial charge in [-0.05, 0) is 37.8 Å². The van der Waals surface area contributed by atoms with Crippen molar-refractivity contribution in [1.29, 1.82) is 0 Å². The molecule has 2 atom stereocenters. The second kappa shape index (κ2) is 4.56. The van der Waals surface area contributed by atoms with Gasteiger partial charge in [0.1, 0.15) is 17.8 Å². The zero-order valence-corrected chi connectivity index (χ0v) is 10.7. The van der Waals surface area contributed by atoms with Crippen molar-refractivity contribution in [3.63, 3.8) is 0 Å². The minimum Gasteiger partial charge on any atom is -0.321 e. The molecular formula is C14H16F2N2O. The Morgan fingerprint density at radius 3 is 2.74 bits per heavy atom. The van der Waals surface area contributed by atoms with E-state index >= 15 is 0 Å². The zero-order valence-electron chi connectivity index (χ0n) is 10.7. The van der Waals surface area contributed by atoms with Crippen molar-refractivity contribution in [3.05, 3.63) is 35.4 Å². The third-order valence-corrected chi connectivity index (χ3v) is 3.78. The molecule has 1 saturated heterocycles. The van der Waals surface area contributed by atoms with Crippen LogP contribution in [-0.4, -0.2) is 23.4 Å². The highest BCUT2D eigenvalue weighted by Gasteiger charge is 2.40. The van der Waals surface area contributed by atoms with Crippen molar-refractivity contribution in [1.82, 2.24) is 10.2 Å². The van der Waals surface area contributed by atoms with E-state index in [-0.39, 0.29) is 11.9 Å². The van der Waals surface area contributed by atoms with Gasteiger partial charge in [0.05, 0.1) is 6.04 Å². The lowest BCUT2D eigenvalue weighted by Gasteiger charge is -2.24. The van der Waals surface area contributed by atoms with Crippen molar-refractivity contribution in [3.8, 4) is 0 Å². The number of nitrogens with one attached hydrogen (secondary N) is 1. The van der Waals surface area contributed by atoms with Crippen LogP contribution in [0.4, 0.5) is 8.78 Å². The van der Waals surface area contributed by atoms with E-state index in [0.717, 1.165) is 18.9 Å². The predicted molar refractivity (Wildman–Crippen MR) is 66.1 cm³/mol. The standard InChI is InChI=1S/C14H16F2N2O/c1-8-14(19)18(7-9-2-3-9)13(17-8)11-5-4-10(15)6-12(11)16/h4-6,8-9,13,17H,2-3,7H2,1H3. The van der Waals surface area contributed by atoms with Gasteiger partial charge in [-0.15, -0.1) is 0 Å². The monoisotopic (exact) mass is 266 g/mol. The van der Waals surface area contributed by atoms with Crippen LogP contribution in [0.3, 0.4) is 0 Å². The first-order chi connectivity index (χ1) is 9.06. The molecule has 2 fully saturated rings. The minimum atomic E-state index is -0.611. The molecule has 0 bridgehead atoms. The van der Waals surface area contributed by atoms with Crippen LogP contribution in [0.25, 0.3) is 0 Å². The lowest BCUT2D eigenvalue weighted by Crippen LogP contribution is -2.33. The molecule has 0 radical (unpaired) electrons. The highest BCUT2D eigenvalue weighted by Crippen LogP contribution is 2.35. The second-order valence-corrected chi connectivity index (χ2v) is 5.39. The van der Waals surface area contributed by atoms with Gasteiger partial charge in [0.25, 0.3) is 0 Å². The molecule has 3 rings (SSSR count). The molecule has 1 aromatic carbocycles. The van der Waals surface area contributed by atoms with Gasteiger partial charge in [-0.1, -0.05) is 0 Å². The average molecular weight is 266 g/mol. The molecule has 19 heavy (non-hydrogen) atoms. The maximum atomic E-state index is 13.9. The molecule has 3 nitrogen and oxygen atoms in total. The fourth-order valence-corrected chi connectivity index (χ4v) is 2.53. The van der Waals surface area contributed by atoms with Crippen molar-refractivity contribution in [2.75, 3.05) is 6.54 Å². The summed E-state index contributed by atoms with van der Waals surface area (Å²) in [4.78, 5) is 13.8. The Morgan fingerprint density at radius 1 is 1.37 bits per heavy atom. The summed E-state index contributed by atoms with van der Waals surface area (Å²) < 4.78 is 26.8. The molecular weight excluding hydrogens is 250 g/mol. The summed E-state index contributed by atoms with van der Waals surface area (Å²) in [6.45, 7) is 2.42.